The Hall–Kier alpha value is -5.37. The van der Waals surface area contributed by atoms with Crippen molar-refractivity contribution in [2.75, 3.05) is 6.54 Å². The lowest BCUT2D eigenvalue weighted by Gasteiger charge is -2.22. The maximum Gasteiger partial charge on any atom is 0.344 e. The van der Waals surface area contributed by atoms with Crippen LogP contribution in [0.4, 0.5) is 14.5 Å². The summed E-state index contributed by atoms with van der Waals surface area (Å²) in [5, 5.41) is 9.18. The molecule has 214 valence electrons. The van der Waals surface area contributed by atoms with Gasteiger partial charge >= 0.3 is 17.9 Å². The quantitative estimate of drug-likeness (QED) is 0.0872. The molecule has 0 radical (unpaired) electrons. The molecule has 41 heavy (non-hydrogen) atoms. The van der Waals surface area contributed by atoms with Gasteiger partial charge < -0.3 is 31.0 Å². The van der Waals surface area contributed by atoms with Crippen LogP contribution in [0.2, 0.25) is 0 Å². The zero-order valence-electron chi connectivity index (χ0n) is 21.4. The molecular formula is C27H25F2N5O7. The fraction of sp³-hybridized carbons (Fsp3) is 0.148. The molecule has 0 fully saturated rings. The molecule has 0 spiro atoms. The van der Waals surface area contributed by atoms with E-state index in [0.717, 1.165) is 17.0 Å². The average Bonchev–Trinajstić information content (AvgIpc) is 2.92. The van der Waals surface area contributed by atoms with Crippen LogP contribution in [0.1, 0.15) is 38.3 Å². The Balaban J connectivity index is 1.70. The third-order valence-corrected chi connectivity index (χ3v) is 5.63. The third kappa shape index (κ3) is 8.56. The second kappa shape index (κ2) is 13.6. The van der Waals surface area contributed by atoms with Crippen LogP contribution in [0.15, 0.2) is 65.7 Å². The van der Waals surface area contributed by atoms with Gasteiger partial charge in [0.1, 0.15) is 23.9 Å². The van der Waals surface area contributed by atoms with Crippen molar-refractivity contribution in [1.82, 2.24) is 4.90 Å². The summed E-state index contributed by atoms with van der Waals surface area (Å²) < 4.78 is 34.6. The number of guanidine groups is 1. The molecular weight excluding hydrogens is 544 g/mol. The molecule has 0 atom stereocenters. The largest absolute Gasteiger partial charge is 0.478 e. The lowest BCUT2D eigenvalue weighted by Crippen LogP contribution is -2.37. The molecule has 0 heterocycles. The molecule has 14 heteroatoms. The van der Waals surface area contributed by atoms with Crippen molar-refractivity contribution in [3.05, 3.63) is 94.6 Å². The van der Waals surface area contributed by atoms with Gasteiger partial charge in [0.15, 0.2) is 5.96 Å². The highest BCUT2D eigenvalue weighted by Crippen LogP contribution is 2.24. The number of benzene rings is 3. The summed E-state index contributed by atoms with van der Waals surface area (Å²) in [7, 11) is 0. The molecule has 0 aromatic heterocycles. The van der Waals surface area contributed by atoms with Gasteiger partial charge in [0.2, 0.25) is 5.91 Å². The van der Waals surface area contributed by atoms with Gasteiger partial charge in [-0.05, 0) is 48.4 Å². The normalized spacial score (nSPS) is 10.4. The number of ether oxygens (including phenoxy) is 1. The lowest BCUT2D eigenvalue weighted by atomic mass is 10.1. The van der Waals surface area contributed by atoms with E-state index in [1.54, 1.807) is 0 Å². The van der Waals surface area contributed by atoms with Crippen LogP contribution in [0.25, 0.3) is 0 Å². The molecule has 0 unspecified atom stereocenters. The van der Waals surface area contributed by atoms with Gasteiger partial charge in [-0.2, -0.15) is 5.90 Å². The maximum atomic E-state index is 14.8. The number of nitrogens with zero attached hydrogens (tertiary/aromatic N) is 2. The van der Waals surface area contributed by atoms with Gasteiger partial charge in [-0.1, -0.05) is 12.1 Å². The zero-order valence-corrected chi connectivity index (χ0v) is 21.4. The maximum absolute atomic E-state index is 14.8. The Morgan fingerprint density at radius 1 is 0.927 bits per heavy atom. The number of hydrogen-bond donors (Lipinski definition) is 4. The number of aromatic carboxylic acids is 1. The minimum absolute atomic E-state index is 0.0378. The van der Waals surface area contributed by atoms with Crippen LogP contribution < -0.4 is 22.1 Å². The summed E-state index contributed by atoms with van der Waals surface area (Å²) in [6.07, 6.45) is -0.827. The number of carboxylic acid groups (broad SMARTS) is 1. The number of esters is 1. The van der Waals surface area contributed by atoms with Crippen LogP contribution in [-0.4, -0.2) is 46.3 Å². The summed E-state index contributed by atoms with van der Waals surface area (Å²) in [6, 6.07) is 12.9. The predicted octanol–water partition coefficient (Wildman–Crippen LogP) is 2.17. The first-order valence-corrected chi connectivity index (χ1v) is 11.9. The van der Waals surface area contributed by atoms with E-state index in [0.29, 0.717) is 11.3 Å². The molecule has 0 aliphatic carbocycles. The van der Waals surface area contributed by atoms with Gasteiger partial charge in [-0.3, -0.25) is 4.79 Å². The molecule has 1 amide bonds. The number of nitrogens with two attached hydrogens (primary N) is 3. The minimum Gasteiger partial charge on any atom is -0.478 e. The second-order valence-electron chi connectivity index (χ2n) is 8.58. The van der Waals surface area contributed by atoms with Crippen LogP contribution >= 0.6 is 0 Å². The number of aliphatic imine (C=N–C) groups is 1. The van der Waals surface area contributed by atoms with Crippen molar-refractivity contribution in [3.8, 4) is 5.75 Å². The average molecular weight is 570 g/mol. The van der Waals surface area contributed by atoms with Gasteiger partial charge in [0.25, 0.3) is 0 Å². The molecule has 0 aliphatic heterocycles. The molecule has 0 aliphatic rings. The van der Waals surface area contributed by atoms with Crippen LogP contribution in [0.3, 0.4) is 0 Å². The van der Waals surface area contributed by atoms with Gasteiger partial charge in [0, 0.05) is 30.7 Å². The van der Waals surface area contributed by atoms with E-state index >= 15 is 0 Å². The summed E-state index contributed by atoms with van der Waals surface area (Å²) in [4.78, 5) is 57.2. The predicted molar refractivity (Wildman–Crippen MR) is 141 cm³/mol. The summed E-state index contributed by atoms with van der Waals surface area (Å²) >= 11 is 0. The molecule has 7 N–H and O–H groups in total. The third-order valence-electron chi connectivity index (χ3n) is 5.63. The number of carbonyl (C=O) groups is 4. The van der Waals surface area contributed by atoms with Crippen LogP contribution in [0, 0.1) is 11.6 Å². The molecule has 0 saturated carbocycles. The Kier molecular flexibility index (Phi) is 10.0. The van der Waals surface area contributed by atoms with Crippen molar-refractivity contribution in [3.63, 3.8) is 0 Å². The fourth-order valence-corrected chi connectivity index (χ4v) is 3.70. The van der Waals surface area contributed by atoms with Gasteiger partial charge in [0.05, 0.1) is 16.8 Å². The summed E-state index contributed by atoms with van der Waals surface area (Å²) in [5.41, 5.74) is 10.9. The number of carbonyl (C=O) groups excluding carboxylic acids is 3. The zero-order chi connectivity index (χ0) is 30.1. The monoisotopic (exact) mass is 569 g/mol. The van der Waals surface area contributed by atoms with E-state index in [-0.39, 0.29) is 23.6 Å². The van der Waals surface area contributed by atoms with Crippen LogP contribution in [-0.2, 0) is 27.4 Å². The van der Waals surface area contributed by atoms with E-state index in [1.807, 2.05) is 0 Å². The fourth-order valence-electron chi connectivity index (χ4n) is 3.70. The van der Waals surface area contributed by atoms with E-state index in [2.05, 4.69) is 9.83 Å². The summed E-state index contributed by atoms with van der Waals surface area (Å²) in [6.45, 7) is -0.777. The van der Waals surface area contributed by atoms with E-state index < -0.39 is 66.1 Å². The SMILES string of the molecule is NOC(=O)CN(Cc1cccc(C(=O)O)c1)C(=O)CCc1c(F)cc(OC(=O)c2ccc(N=C(N)N)cc2)cc1F. The Bertz CT molecular complexity index is 1470. The van der Waals surface area contributed by atoms with E-state index in [1.165, 1.54) is 48.5 Å². The van der Waals surface area contributed by atoms with Crippen molar-refractivity contribution >= 4 is 35.5 Å². The molecule has 3 rings (SSSR count). The van der Waals surface area contributed by atoms with Crippen molar-refractivity contribution in [1.29, 1.82) is 0 Å². The highest BCUT2D eigenvalue weighted by Gasteiger charge is 2.21. The second-order valence-corrected chi connectivity index (χ2v) is 8.58. The smallest absolute Gasteiger partial charge is 0.344 e. The Morgan fingerprint density at radius 2 is 1.59 bits per heavy atom. The topological polar surface area (TPSA) is 201 Å². The first-order valence-electron chi connectivity index (χ1n) is 11.9. The molecule has 3 aromatic rings. The van der Waals surface area contributed by atoms with Crippen molar-refractivity contribution in [2.45, 2.75) is 19.4 Å². The molecule has 0 saturated heterocycles. The van der Waals surface area contributed by atoms with Crippen molar-refractivity contribution < 1.29 is 42.6 Å². The number of rotatable bonds is 11. The first-order chi connectivity index (χ1) is 19.5. The standard InChI is InChI=1S/C27H25F2N5O7/c28-21-11-19(40-26(39)16-4-6-18(7-5-16)33-27(30)31)12-22(29)20(21)8-9-23(35)34(14-24(36)41-32)13-15-2-1-3-17(10-15)25(37)38/h1-7,10-12H,8-9,13-14,32H2,(H,37,38)(H4,30,31,33). The Morgan fingerprint density at radius 3 is 2.17 bits per heavy atom. The Labute approximate surface area is 231 Å². The minimum atomic E-state index is -1.19. The van der Waals surface area contributed by atoms with Crippen molar-refractivity contribution in [2.24, 2.45) is 22.4 Å². The molecule has 0 bridgehead atoms. The van der Waals surface area contributed by atoms with Gasteiger partial charge in [-0.15, -0.1) is 0 Å². The highest BCUT2D eigenvalue weighted by molar-refractivity contribution is 5.91. The van der Waals surface area contributed by atoms with E-state index in [4.69, 9.17) is 22.1 Å². The number of halogens is 2. The van der Waals surface area contributed by atoms with Crippen LogP contribution in [0.5, 0.6) is 5.75 Å². The lowest BCUT2D eigenvalue weighted by molar-refractivity contribution is -0.150. The van der Waals surface area contributed by atoms with E-state index in [9.17, 15) is 33.1 Å². The molecule has 12 nitrogen and oxygen atoms in total. The summed E-state index contributed by atoms with van der Waals surface area (Å²) in [5.74, 6) is -1.55. The number of hydrogen-bond acceptors (Lipinski definition) is 8. The highest BCUT2D eigenvalue weighted by atomic mass is 19.1. The first kappa shape index (κ1) is 30.2. The van der Waals surface area contributed by atoms with Gasteiger partial charge in [-0.25, -0.2) is 28.2 Å². The molecule has 3 aromatic carbocycles. The number of amides is 1. The number of carboxylic acids is 1.